The van der Waals surface area contributed by atoms with Gasteiger partial charge in [0.1, 0.15) is 7.85 Å². The van der Waals surface area contributed by atoms with Crippen LogP contribution in [0.4, 0.5) is 0 Å². The molecule has 0 amide bonds. The van der Waals surface area contributed by atoms with Crippen molar-refractivity contribution < 1.29 is 0 Å². The van der Waals surface area contributed by atoms with E-state index in [1.165, 1.54) is 25.7 Å². The summed E-state index contributed by atoms with van der Waals surface area (Å²) in [5.74, 6) is 0.928. The van der Waals surface area contributed by atoms with E-state index in [9.17, 15) is 0 Å². The molecular weight excluding hydrogens is 131 g/mol. The van der Waals surface area contributed by atoms with Gasteiger partial charge in [-0.2, -0.15) is 0 Å². The summed E-state index contributed by atoms with van der Waals surface area (Å²) in [5.41, 5.74) is 0. The molecule has 0 aromatic heterocycles. The Morgan fingerprint density at radius 3 is 1.45 bits per heavy atom. The molecule has 0 aromatic carbocycles. The minimum Gasteiger partial charge on any atom is -0.0655 e. The van der Waals surface area contributed by atoms with E-state index in [1.807, 2.05) is 0 Å². The van der Waals surface area contributed by atoms with Crippen LogP contribution in [0.15, 0.2) is 0 Å². The molecule has 0 radical (unpaired) electrons. The van der Waals surface area contributed by atoms with Crippen LogP contribution in [-0.4, -0.2) is 7.85 Å². The Balaban J connectivity index is 4.19. The maximum atomic E-state index is 2.44. The Morgan fingerprint density at radius 2 is 1.36 bits per heavy atom. The SMILES string of the molecule is BC(CC)(CC)C(CC)CC. The first kappa shape index (κ1) is 11.1. The second kappa shape index (κ2) is 4.85. The van der Waals surface area contributed by atoms with Crippen molar-refractivity contribution in [1.82, 2.24) is 0 Å². The summed E-state index contributed by atoms with van der Waals surface area (Å²) < 4.78 is 0. The fourth-order valence-electron chi connectivity index (χ4n) is 2.10. The fraction of sp³-hybridized carbons (Fsp3) is 1.00. The van der Waals surface area contributed by atoms with Crippen molar-refractivity contribution in [2.45, 2.75) is 58.7 Å². The standard InChI is InChI=1S/C10H23B/c1-5-9(6-2)10(11,7-3)8-4/h9H,5-8,11H2,1-4H3. The molecule has 11 heavy (non-hydrogen) atoms. The van der Waals surface area contributed by atoms with Gasteiger partial charge in [0.05, 0.1) is 0 Å². The summed E-state index contributed by atoms with van der Waals surface area (Å²) in [4.78, 5) is 0. The third kappa shape index (κ3) is 2.54. The van der Waals surface area contributed by atoms with E-state index in [-0.39, 0.29) is 0 Å². The van der Waals surface area contributed by atoms with Crippen molar-refractivity contribution in [2.75, 3.05) is 0 Å². The molecule has 0 aromatic rings. The molecule has 0 aliphatic carbocycles. The smallest absolute Gasteiger partial charge is 0.0655 e. The normalized spacial score (nSPS) is 12.5. The van der Waals surface area contributed by atoms with E-state index >= 15 is 0 Å². The van der Waals surface area contributed by atoms with Crippen molar-refractivity contribution in [3.63, 3.8) is 0 Å². The minimum atomic E-state index is 0.601. The van der Waals surface area contributed by atoms with E-state index in [0.717, 1.165) is 5.92 Å². The maximum absolute atomic E-state index is 2.44. The van der Waals surface area contributed by atoms with Gasteiger partial charge in [-0.25, -0.2) is 0 Å². The van der Waals surface area contributed by atoms with Crippen LogP contribution in [-0.2, 0) is 0 Å². The highest BCUT2D eigenvalue weighted by Gasteiger charge is 2.27. The Bertz CT molecular complexity index is 91.0. The molecule has 0 saturated carbocycles. The van der Waals surface area contributed by atoms with Crippen LogP contribution in [0.3, 0.4) is 0 Å². The molecule has 0 bridgehead atoms. The van der Waals surface area contributed by atoms with Gasteiger partial charge in [0, 0.05) is 0 Å². The van der Waals surface area contributed by atoms with Crippen LogP contribution >= 0.6 is 0 Å². The zero-order valence-corrected chi connectivity index (χ0v) is 8.91. The zero-order chi connectivity index (χ0) is 8.91. The second-order valence-electron chi connectivity index (χ2n) is 3.87. The molecule has 0 saturated heterocycles. The summed E-state index contributed by atoms with van der Waals surface area (Å²) in [7, 11) is 2.44. The lowest BCUT2D eigenvalue weighted by atomic mass is 9.56. The highest BCUT2D eigenvalue weighted by Crippen LogP contribution is 2.42. The van der Waals surface area contributed by atoms with Crippen molar-refractivity contribution in [3.8, 4) is 0 Å². The molecule has 0 rings (SSSR count). The van der Waals surface area contributed by atoms with Gasteiger partial charge in [0.15, 0.2) is 0 Å². The molecule has 1 heteroatoms. The molecule has 0 nitrogen and oxygen atoms in total. The van der Waals surface area contributed by atoms with Gasteiger partial charge >= 0.3 is 0 Å². The third-order valence-electron chi connectivity index (χ3n) is 3.59. The Kier molecular flexibility index (Phi) is 4.87. The zero-order valence-electron chi connectivity index (χ0n) is 8.91. The summed E-state index contributed by atoms with van der Waals surface area (Å²) in [5, 5.41) is 0.601. The quantitative estimate of drug-likeness (QED) is 0.534. The van der Waals surface area contributed by atoms with Gasteiger partial charge in [0.2, 0.25) is 0 Å². The largest absolute Gasteiger partial charge is 0.109 e. The van der Waals surface area contributed by atoms with Crippen molar-refractivity contribution in [2.24, 2.45) is 5.92 Å². The Labute approximate surface area is 73.2 Å². The van der Waals surface area contributed by atoms with Crippen LogP contribution in [0, 0.1) is 5.92 Å². The Hall–Kier alpha value is 0.0649. The van der Waals surface area contributed by atoms with Crippen LogP contribution in [0.2, 0.25) is 5.31 Å². The average molecular weight is 154 g/mol. The van der Waals surface area contributed by atoms with Crippen LogP contribution in [0.25, 0.3) is 0 Å². The van der Waals surface area contributed by atoms with Crippen LogP contribution < -0.4 is 0 Å². The lowest BCUT2D eigenvalue weighted by molar-refractivity contribution is 0.316. The van der Waals surface area contributed by atoms with E-state index < -0.39 is 0 Å². The van der Waals surface area contributed by atoms with Gasteiger partial charge < -0.3 is 0 Å². The van der Waals surface area contributed by atoms with Gasteiger partial charge in [-0.1, -0.05) is 58.7 Å². The topological polar surface area (TPSA) is 0 Å². The summed E-state index contributed by atoms with van der Waals surface area (Å²) in [6.07, 6.45) is 5.34. The molecular formula is C10H23B. The molecule has 0 spiro atoms. The molecule has 66 valence electrons. The Morgan fingerprint density at radius 1 is 1.00 bits per heavy atom. The molecule has 0 fully saturated rings. The van der Waals surface area contributed by atoms with E-state index in [4.69, 9.17) is 0 Å². The number of hydrogen-bond acceptors (Lipinski definition) is 0. The van der Waals surface area contributed by atoms with Gasteiger partial charge in [-0.15, -0.1) is 0 Å². The number of rotatable bonds is 5. The van der Waals surface area contributed by atoms with Gasteiger partial charge in [0.25, 0.3) is 0 Å². The summed E-state index contributed by atoms with van der Waals surface area (Å²) in [6.45, 7) is 9.28. The first-order chi connectivity index (χ1) is 5.14. The molecule has 0 aliphatic rings. The summed E-state index contributed by atoms with van der Waals surface area (Å²) in [6, 6.07) is 0. The monoisotopic (exact) mass is 154 g/mol. The molecule has 0 N–H and O–H groups in total. The van der Waals surface area contributed by atoms with E-state index in [0.29, 0.717) is 5.31 Å². The van der Waals surface area contributed by atoms with Crippen molar-refractivity contribution in [3.05, 3.63) is 0 Å². The summed E-state index contributed by atoms with van der Waals surface area (Å²) >= 11 is 0. The lowest BCUT2D eigenvalue weighted by Gasteiger charge is -2.35. The number of hydrogen-bond donors (Lipinski definition) is 0. The first-order valence-corrected chi connectivity index (χ1v) is 5.14. The fourth-order valence-corrected chi connectivity index (χ4v) is 2.10. The van der Waals surface area contributed by atoms with E-state index in [2.05, 4.69) is 35.5 Å². The van der Waals surface area contributed by atoms with E-state index in [1.54, 1.807) is 0 Å². The van der Waals surface area contributed by atoms with Crippen LogP contribution in [0.5, 0.6) is 0 Å². The van der Waals surface area contributed by atoms with Crippen LogP contribution in [0.1, 0.15) is 53.4 Å². The minimum absolute atomic E-state index is 0.601. The average Bonchev–Trinajstić information content (AvgIpc) is 2.06. The second-order valence-corrected chi connectivity index (χ2v) is 3.87. The predicted molar refractivity (Wildman–Crippen MR) is 55.9 cm³/mol. The third-order valence-corrected chi connectivity index (χ3v) is 3.59. The highest BCUT2D eigenvalue weighted by molar-refractivity contribution is 6.15. The first-order valence-electron chi connectivity index (χ1n) is 5.14. The molecule has 0 heterocycles. The lowest BCUT2D eigenvalue weighted by Crippen LogP contribution is -2.21. The maximum Gasteiger partial charge on any atom is 0.109 e. The highest BCUT2D eigenvalue weighted by atomic mass is 14.3. The molecule has 0 atom stereocenters. The molecule has 0 unspecified atom stereocenters. The molecule has 0 aliphatic heterocycles. The van der Waals surface area contributed by atoms with Gasteiger partial charge in [-0.05, 0) is 5.92 Å². The van der Waals surface area contributed by atoms with Crippen molar-refractivity contribution in [1.29, 1.82) is 0 Å². The van der Waals surface area contributed by atoms with Crippen molar-refractivity contribution >= 4 is 7.85 Å². The predicted octanol–water partition coefficient (Wildman–Crippen LogP) is 3.03. The van der Waals surface area contributed by atoms with Gasteiger partial charge in [-0.3, -0.25) is 0 Å².